The van der Waals surface area contributed by atoms with Crippen LogP contribution in [0.2, 0.25) is 0 Å². The predicted molar refractivity (Wildman–Crippen MR) is 42.4 cm³/mol. The lowest BCUT2D eigenvalue weighted by molar-refractivity contribution is 0.249. The van der Waals surface area contributed by atoms with Crippen LogP contribution in [-0.2, 0) is 9.09 Å². The average Bonchev–Trinajstić information content (AvgIpc) is 1.21. The van der Waals surface area contributed by atoms with Gasteiger partial charge in [-0.1, -0.05) is 7.43 Å². The van der Waals surface area contributed by atoms with E-state index in [1.54, 1.807) is 13.3 Å². The van der Waals surface area contributed by atoms with Crippen LogP contribution < -0.4 is 0 Å². The van der Waals surface area contributed by atoms with E-state index in [0.717, 1.165) is 0 Å². The minimum absolute atomic E-state index is 0. The van der Waals surface area contributed by atoms with Gasteiger partial charge in [0.15, 0.2) is 7.37 Å². The van der Waals surface area contributed by atoms with Crippen molar-refractivity contribution < 1.29 is 9.09 Å². The summed E-state index contributed by atoms with van der Waals surface area (Å²) in [5, 5.41) is 0. The molecule has 0 aromatic heterocycles. The van der Waals surface area contributed by atoms with Crippen molar-refractivity contribution in [2.75, 3.05) is 13.3 Å². The molecule has 0 spiro atoms. The highest BCUT2D eigenvalue weighted by Crippen LogP contribution is 2.38. The summed E-state index contributed by atoms with van der Waals surface area (Å²) in [6, 6.07) is 0. The van der Waals surface area contributed by atoms with E-state index in [9.17, 15) is 4.57 Å². The van der Waals surface area contributed by atoms with Crippen molar-refractivity contribution in [2.45, 2.75) is 27.4 Å². The molecule has 0 aliphatic heterocycles. The molecule has 0 amide bonds. The maximum Gasteiger partial charge on any atom is 0.197 e. The van der Waals surface area contributed by atoms with E-state index in [1.807, 2.05) is 13.8 Å². The molecular formula is C6H17O2P. The van der Waals surface area contributed by atoms with Gasteiger partial charge in [0.1, 0.15) is 0 Å². The summed E-state index contributed by atoms with van der Waals surface area (Å²) in [4.78, 5) is 0. The maximum atomic E-state index is 10.8. The van der Waals surface area contributed by atoms with E-state index in [4.69, 9.17) is 4.52 Å². The lowest BCUT2D eigenvalue weighted by atomic mass is 10.5. The molecule has 0 saturated carbocycles. The minimum Gasteiger partial charge on any atom is -0.326 e. The Morgan fingerprint density at radius 2 is 1.67 bits per heavy atom. The summed E-state index contributed by atoms with van der Waals surface area (Å²) in [7, 11) is -2.22. The van der Waals surface area contributed by atoms with E-state index in [1.165, 1.54) is 0 Å². The van der Waals surface area contributed by atoms with Crippen LogP contribution in [0, 0.1) is 0 Å². The Bertz CT molecular complexity index is 104. The van der Waals surface area contributed by atoms with Gasteiger partial charge in [-0.2, -0.15) is 0 Å². The lowest BCUT2D eigenvalue weighted by Gasteiger charge is -2.10. The normalized spacial score (nSPS) is 11.2. The molecule has 3 heteroatoms. The third-order valence-electron chi connectivity index (χ3n) is 0.465. The molecule has 58 valence electrons. The van der Waals surface area contributed by atoms with Crippen LogP contribution in [0.15, 0.2) is 0 Å². The second-order valence-corrected chi connectivity index (χ2v) is 5.12. The maximum absolute atomic E-state index is 10.8. The van der Waals surface area contributed by atoms with Gasteiger partial charge in [-0.25, -0.2) is 0 Å². The van der Waals surface area contributed by atoms with Crippen molar-refractivity contribution in [3.8, 4) is 0 Å². The molecule has 0 heterocycles. The highest BCUT2D eigenvalue weighted by molar-refractivity contribution is 7.57. The topological polar surface area (TPSA) is 26.3 Å². The van der Waals surface area contributed by atoms with Crippen molar-refractivity contribution in [3.05, 3.63) is 0 Å². The average molecular weight is 152 g/mol. The van der Waals surface area contributed by atoms with E-state index < -0.39 is 7.37 Å². The third-order valence-corrected chi connectivity index (χ3v) is 1.39. The van der Waals surface area contributed by atoms with E-state index >= 15 is 0 Å². The minimum atomic E-state index is -2.22. The second-order valence-electron chi connectivity index (χ2n) is 2.41. The van der Waals surface area contributed by atoms with Gasteiger partial charge in [-0.05, 0) is 13.8 Å². The lowest BCUT2D eigenvalue weighted by Crippen LogP contribution is -1.97. The summed E-state index contributed by atoms with van der Waals surface area (Å²) >= 11 is 0. The molecule has 0 aromatic rings. The summed E-state index contributed by atoms with van der Waals surface area (Å²) in [6.45, 7) is 6.99. The fourth-order valence-corrected chi connectivity index (χ4v) is 1.52. The number of hydrogen-bond acceptors (Lipinski definition) is 2. The first-order valence-electron chi connectivity index (χ1n) is 2.65. The van der Waals surface area contributed by atoms with Crippen LogP contribution in [-0.4, -0.2) is 19.4 Å². The van der Waals surface area contributed by atoms with Crippen LogP contribution in [0.1, 0.15) is 21.3 Å². The number of hydrogen-bond donors (Lipinski definition) is 0. The number of rotatable bonds is 2. The van der Waals surface area contributed by atoms with Crippen molar-refractivity contribution in [2.24, 2.45) is 0 Å². The van der Waals surface area contributed by atoms with Crippen molar-refractivity contribution >= 4 is 7.37 Å². The quantitative estimate of drug-likeness (QED) is 0.568. The highest BCUT2D eigenvalue weighted by Gasteiger charge is 2.07. The molecule has 0 aromatic carbocycles. The van der Waals surface area contributed by atoms with Crippen LogP contribution in [0.3, 0.4) is 0 Å². The molecule has 0 saturated heterocycles. The Morgan fingerprint density at radius 3 is 1.67 bits per heavy atom. The Kier molecular flexibility index (Phi) is 5.40. The monoisotopic (exact) mass is 152 g/mol. The fraction of sp³-hybridized carbons (Fsp3) is 1.00. The molecule has 0 unspecified atom stereocenters. The molecule has 0 fully saturated rings. The molecule has 0 atom stereocenters. The molecule has 0 aliphatic carbocycles. The molecule has 9 heavy (non-hydrogen) atoms. The van der Waals surface area contributed by atoms with Gasteiger partial charge in [0, 0.05) is 13.3 Å². The van der Waals surface area contributed by atoms with Gasteiger partial charge in [0.25, 0.3) is 0 Å². The summed E-state index contributed by atoms with van der Waals surface area (Å²) in [6.07, 6.45) is 0.0795. The smallest absolute Gasteiger partial charge is 0.197 e. The summed E-state index contributed by atoms with van der Waals surface area (Å²) in [5.41, 5.74) is 0. The standard InChI is InChI=1S/C5H13O2P.CH4/c1-5(2)7-8(3,4)6;/h5H,1-4H3;1H4. The molecule has 0 rings (SSSR count). The van der Waals surface area contributed by atoms with E-state index in [0.29, 0.717) is 0 Å². The van der Waals surface area contributed by atoms with Gasteiger partial charge < -0.3 is 4.52 Å². The Labute approximate surface area is 58.1 Å². The first-order valence-corrected chi connectivity index (χ1v) is 5.17. The first-order chi connectivity index (χ1) is 3.42. The van der Waals surface area contributed by atoms with Crippen LogP contribution in [0.4, 0.5) is 0 Å². The van der Waals surface area contributed by atoms with Crippen LogP contribution in [0.5, 0.6) is 0 Å². The largest absolute Gasteiger partial charge is 0.326 e. The Balaban J connectivity index is 0. The van der Waals surface area contributed by atoms with Gasteiger partial charge in [0.05, 0.1) is 6.10 Å². The fourth-order valence-electron chi connectivity index (χ4n) is 0.508. The highest BCUT2D eigenvalue weighted by atomic mass is 31.2. The zero-order valence-electron chi connectivity index (χ0n) is 5.84. The molecule has 0 radical (unpaired) electrons. The zero-order chi connectivity index (χ0) is 6.78. The third kappa shape index (κ3) is 11.7. The second kappa shape index (κ2) is 4.08. The van der Waals surface area contributed by atoms with Gasteiger partial charge in [-0.3, -0.25) is 4.57 Å². The van der Waals surface area contributed by atoms with Crippen molar-refractivity contribution in [1.82, 2.24) is 0 Å². The van der Waals surface area contributed by atoms with Gasteiger partial charge in [0.2, 0.25) is 0 Å². The Hall–Kier alpha value is 0.190. The molecule has 0 N–H and O–H groups in total. The molecule has 0 bridgehead atoms. The van der Waals surface area contributed by atoms with E-state index in [2.05, 4.69) is 0 Å². The summed E-state index contributed by atoms with van der Waals surface area (Å²) in [5.74, 6) is 0. The van der Waals surface area contributed by atoms with Crippen molar-refractivity contribution in [3.63, 3.8) is 0 Å². The van der Waals surface area contributed by atoms with Crippen LogP contribution >= 0.6 is 7.37 Å². The molecule has 2 nitrogen and oxygen atoms in total. The van der Waals surface area contributed by atoms with Crippen LogP contribution in [0.25, 0.3) is 0 Å². The molecule has 0 aliphatic rings. The summed E-state index contributed by atoms with van der Waals surface area (Å²) < 4.78 is 15.8. The van der Waals surface area contributed by atoms with E-state index in [-0.39, 0.29) is 13.5 Å². The van der Waals surface area contributed by atoms with Crippen molar-refractivity contribution in [1.29, 1.82) is 0 Å². The molecular weight excluding hydrogens is 135 g/mol. The zero-order valence-corrected chi connectivity index (χ0v) is 6.74. The van der Waals surface area contributed by atoms with Gasteiger partial charge >= 0.3 is 0 Å². The SMILES string of the molecule is C.CC(C)OP(C)(C)=O. The Morgan fingerprint density at radius 1 is 1.33 bits per heavy atom. The first kappa shape index (κ1) is 11.9. The predicted octanol–water partition coefficient (Wildman–Crippen LogP) is 2.59. The van der Waals surface area contributed by atoms with Gasteiger partial charge in [-0.15, -0.1) is 0 Å².